The van der Waals surface area contributed by atoms with Gasteiger partial charge in [0.05, 0.1) is 11.4 Å². The zero-order valence-electron chi connectivity index (χ0n) is 12.3. The van der Waals surface area contributed by atoms with Crippen LogP contribution in [0.2, 0.25) is 0 Å². The van der Waals surface area contributed by atoms with Crippen molar-refractivity contribution in [1.82, 2.24) is 14.8 Å². The predicted molar refractivity (Wildman–Crippen MR) is 86.0 cm³/mol. The van der Waals surface area contributed by atoms with E-state index < -0.39 is 0 Å². The molecule has 0 unspecified atom stereocenters. The van der Waals surface area contributed by atoms with Crippen LogP contribution in [-0.4, -0.2) is 14.8 Å². The molecule has 112 valence electrons. The van der Waals surface area contributed by atoms with Gasteiger partial charge in [-0.2, -0.15) is 5.10 Å². The van der Waals surface area contributed by atoms with E-state index in [2.05, 4.69) is 11.9 Å². The molecule has 0 saturated heterocycles. The Hall–Kier alpha value is -2.01. The number of aromatic nitrogens is 3. The quantitative estimate of drug-likeness (QED) is 0.705. The Morgan fingerprint density at radius 1 is 1.14 bits per heavy atom. The van der Waals surface area contributed by atoms with Crippen molar-refractivity contribution < 1.29 is 4.39 Å². The first-order valence-electron chi connectivity index (χ1n) is 7.51. The van der Waals surface area contributed by atoms with Crippen molar-refractivity contribution in [2.45, 2.75) is 32.6 Å². The fourth-order valence-corrected chi connectivity index (χ4v) is 3.85. The fourth-order valence-electron chi connectivity index (χ4n) is 3.01. The van der Waals surface area contributed by atoms with Crippen LogP contribution in [0.15, 0.2) is 29.6 Å². The van der Waals surface area contributed by atoms with Gasteiger partial charge in [-0.3, -0.25) is 0 Å². The average molecular weight is 313 g/mol. The first-order valence-corrected chi connectivity index (χ1v) is 8.39. The van der Waals surface area contributed by atoms with Gasteiger partial charge in [0, 0.05) is 16.6 Å². The van der Waals surface area contributed by atoms with E-state index in [1.807, 2.05) is 10.1 Å². The van der Waals surface area contributed by atoms with E-state index >= 15 is 0 Å². The second kappa shape index (κ2) is 5.32. The van der Waals surface area contributed by atoms with E-state index in [0.717, 1.165) is 29.2 Å². The Labute approximate surface area is 132 Å². The molecule has 0 N–H and O–H groups in total. The molecule has 0 radical (unpaired) electrons. The topological polar surface area (TPSA) is 30.7 Å². The summed E-state index contributed by atoms with van der Waals surface area (Å²) in [5, 5.41) is 7.63. The Kier molecular flexibility index (Phi) is 3.30. The number of thiazole rings is 1. The SMILES string of the molecule is Cc1c2c(nn1-c1nc(-c3ccc(F)cc3)cs1)CCCC2. The Balaban J connectivity index is 1.72. The molecule has 3 aromatic rings. The summed E-state index contributed by atoms with van der Waals surface area (Å²) in [5.74, 6) is -0.227. The zero-order valence-corrected chi connectivity index (χ0v) is 13.2. The van der Waals surface area contributed by atoms with Crippen LogP contribution in [0.4, 0.5) is 4.39 Å². The largest absolute Gasteiger partial charge is 0.218 e. The van der Waals surface area contributed by atoms with E-state index in [9.17, 15) is 4.39 Å². The van der Waals surface area contributed by atoms with Crippen molar-refractivity contribution in [3.63, 3.8) is 0 Å². The van der Waals surface area contributed by atoms with E-state index in [1.165, 1.54) is 41.9 Å². The van der Waals surface area contributed by atoms with Crippen LogP contribution in [0.25, 0.3) is 16.4 Å². The molecule has 0 bridgehead atoms. The Morgan fingerprint density at radius 2 is 1.91 bits per heavy atom. The maximum Gasteiger partial charge on any atom is 0.211 e. The standard InChI is InChI=1S/C17H16FN3S/c1-11-14-4-2-3-5-15(14)20-21(11)17-19-16(10-22-17)12-6-8-13(18)9-7-12/h6-10H,2-5H2,1H3. The van der Waals surface area contributed by atoms with Crippen LogP contribution < -0.4 is 0 Å². The number of hydrogen-bond donors (Lipinski definition) is 0. The van der Waals surface area contributed by atoms with Crippen molar-refractivity contribution in [3.05, 3.63) is 52.4 Å². The van der Waals surface area contributed by atoms with Crippen molar-refractivity contribution in [1.29, 1.82) is 0 Å². The van der Waals surface area contributed by atoms with Crippen molar-refractivity contribution in [2.75, 3.05) is 0 Å². The van der Waals surface area contributed by atoms with E-state index in [0.29, 0.717) is 0 Å². The lowest BCUT2D eigenvalue weighted by Gasteiger charge is -2.08. The number of rotatable bonds is 2. The summed E-state index contributed by atoms with van der Waals surface area (Å²) in [5.41, 5.74) is 5.62. The van der Waals surface area contributed by atoms with Crippen LogP contribution in [0, 0.1) is 12.7 Å². The highest BCUT2D eigenvalue weighted by Gasteiger charge is 2.20. The molecule has 3 nitrogen and oxygen atoms in total. The van der Waals surface area contributed by atoms with Gasteiger partial charge in [-0.05, 0) is 62.4 Å². The lowest BCUT2D eigenvalue weighted by Crippen LogP contribution is -2.00. The normalized spacial score (nSPS) is 14.1. The minimum atomic E-state index is -0.227. The molecule has 22 heavy (non-hydrogen) atoms. The molecule has 0 spiro atoms. The summed E-state index contributed by atoms with van der Waals surface area (Å²) < 4.78 is 15.0. The maximum absolute atomic E-state index is 13.0. The molecule has 1 aromatic carbocycles. The number of benzene rings is 1. The van der Waals surface area contributed by atoms with Crippen LogP contribution in [0.1, 0.15) is 29.8 Å². The second-order valence-electron chi connectivity index (χ2n) is 5.65. The molecular weight excluding hydrogens is 297 g/mol. The molecule has 5 heteroatoms. The summed E-state index contributed by atoms with van der Waals surface area (Å²) in [6, 6.07) is 6.45. The fraction of sp³-hybridized carbons (Fsp3) is 0.294. The van der Waals surface area contributed by atoms with E-state index in [4.69, 9.17) is 5.10 Å². The first-order chi connectivity index (χ1) is 10.7. The maximum atomic E-state index is 13.0. The summed E-state index contributed by atoms with van der Waals surface area (Å²) in [7, 11) is 0. The molecule has 4 rings (SSSR count). The number of nitrogens with zero attached hydrogens (tertiary/aromatic N) is 3. The van der Waals surface area contributed by atoms with Gasteiger partial charge >= 0.3 is 0 Å². The Morgan fingerprint density at radius 3 is 2.68 bits per heavy atom. The van der Waals surface area contributed by atoms with Crippen LogP contribution in [0.5, 0.6) is 0 Å². The Bertz CT molecular complexity index is 817. The van der Waals surface area contributed by atoms with Gasteiger partial charge in [0.1, 0.15) is 5.82 Å². The molecule has 0 aliphatic heterocycles. The van der Waals surface area contributed by atoms with Crippen LogP contribution >= 0.6 is 11.3 Å². The van der Waals surface area contributed by atoms with Gasteiger partial charge in [-0.15, -0.1) is 11.3 Å². The highest BCUT2D eigenvalue weighted by Crippen LogP contribution is 2.29. The number of halogens is 1. The lowest BCUT2D eigenvalue weighted by atomic mass is 9.96. The smallest absolute Gasteiger partial charge is 0.211 e. The highest BCUT2D eigenvalue weighted by molar-refractivity contribution is 7.12. The molecule has 0 amide bonds. The molecule has 1 aliphatic rings. The number of fused-ring (bicyclic) bond motifs is 1. The summed E-state index contributed by atoms with van der Waals surface area (Å²) in [6.45, 7) is 2.12. The highest BCUT2D eigenvalue weighted by atomic mass is 32.1. The van der Waals surface area contributed by atoms with E-state index in [-0.39, 0.29) is 5.82 Å². The van der Waals surface area contributed by atoms with Gasteiger partial charge in [0.2, 0.25) is 5.13 Å². The lowest BCUT2D eigenvalue weighted by molar-refractivity contribution is 0.628. The van der Waals surface area contributed by atoms with Gasteiger partial charge < -0.3 is 0 Å². The third-order valence-electron chi connectivity index (χ3n) is 4.23. The molecule has 1 aliphatic carbocycles. The van der Waals surface area contributed by atoms with Gasteiger partial charge in [-0.1, -0.05) is 0 Å². The molecule has 2 aromatic heterocycles. The zero-order chi connectivity index (χ0) is 15.1. The molecule has 0 saturated carbocycles. The van der Waals surface area contributed by atoms with Crippen LogP contribution in [-0.2, 0) is 12.8 Å². The summed E-state index contributed by atoms with van der Waals surface area (Å²) in [4.78, 5) is 4.68. The molecule has 0 atom stereocenters. The molecule has 0 fully saturated rings. The monoisotopic (exact) mass is 313 g/mol. The van der Waals surface area contributed by atoms with Crippen molar-refractivity contribution >= 4 is 11.3 Å². The number of aryl methyl sites for hydroxylation is 1. The van der Waals surface area contributed by atoms with Gasteiger partial charge in [0.25, 0.3) is 0 Å². The third kappa shape index (κ3) is 2.25. The number of hydrogen-bond acceptors (Lipinski definition) is 3. The van der Waals surface area contributed by atoms with Crippen LogP contribution in [0.3, 0.4) is 0 Å². The second-order valence-corrected chi connectivity index (χ2v) is 6.49. The first kappa shape index (κ1) is 13.6. The van der Waals surface area contributed by atoms with Crippen molar-refractivity contribution in [3.8, 4) is 16.4 Å². The molecule has 2 heterocycles. The van der Waals surface area contributed by atoms with E-state index in [1.54, 1.807) is 23.5 Å². The van der Waals surface area contributed by atoms with Gasteiger partial charge in [0.15, 0.2) is 0 Å². The van der Waals surface area contributed by atoms with Crippen molar-refractivity contribution in [2.24, 2.45) is 0 Å². The molecular formula is C17H16FN3S. The average Bonchev–Trinajstić information content (AvgIpc) is 3.14. The summed E-state index contributed by atoms with van der Waals surface area (Å²) >= 11 is 1.57. The summed E-state index contributed by atoms with van der Waals surface area (Å²) in [6.07, 6.45) is 4.66. The predicted octanol–water partition coefficient (Wildman–Crippen LogP) is 4.32. The minimum Gasteiger partial charge on any atom is -0.218 e. The minimum absolute atomic E-state index is 0.227. The third-order valence-corrected chi connectivity index (χ3v) is 5.04. The van der Waals surface area contributed by atoms with Gasteiger partial charge in [-0.25, -0.2) is 14.1 Å².